The molecule has 3 rings (SSSR count). The van der Waals surface area contributed by atoms with Crippen molar-refractivity contribution in [1.82, 2.24) is 10.2 Å². The third kappa shape index (κ3) is 3.84. The monoisotopic (exact) mass is 328 g/mol. The van der Waals surface area contributed by atoms with Crippen LogP contribution in [0.2, 0.25) is 0 Å². The van der Waals surface area contributed by atoms with Crippen molar-refractivity contribution in [2.75, 3.05) is 26.2 Å². The zero-order valence-electron chi connectivity index (χ0n) is 12.6. The third-order valence-electron chi connectivity index (χ3n) is 4.40. The number of nitrogens with zero attached hydrogens (tertiary/aromatic N) is 1. The van der Waals surface area contributed by atoms with E-state index in [1.54, 1.807) is 0 Å². The van der Waals surface area contributed by atoms with Crippen LogP contribution >= 0.6 is 0 Å². The molecule has 2 fully saturated rings. The van der Waals surface area contributed by atoms with E-state index >= 15 is 0 Å². The first-order valence-electron chi connectivity index (χ1n) is 7.74. The fourth-order valence-electron chi connectivity index (χ4n) is 3.15. The molecular weight excluding hydrogens is 309 g/mol. The Morgan fingerprint density at radius 2 is 2.22 bits per heavy atom. The van der Waals surface area contributed by atoms with Crippen LogP contribution in [0.4, 0.5) is 13.2 Å². The van der Waals surface area contributed by atoms with Gasteiger partial charge in [-0.15, -0.1) is 0 Å². The van der Waals surface area contributed by atoms with Crippen molar-refractivity contribution in [2.45, 2.75) is 31.2 Å². The molecule has 1 N–H and O–H groups in total. The summed E-state index contributed by atoms with van der Waals surface area (Å²) in [6, 6.07) is 4.92. The predicted octanol–water partition coefficient (Wildman–Crippen LogP) is 2.30. The second-order valence-corrected chi connectivity index (χ2v) is 6.03. The molecule has 1 amide bonds. The van der Waals surface area contributed by atoms with E-state index in [2.05, 4.69) is 10.2 Å². The van der Waals surface area contributed by atoms with E-state index in [0.717, 1.165) is 38.1 Å². The van der Waals surface area contributed by atoms with Crippen LogP contribution in [-0.2, 0) is 10.9 Å². The smallest absolute Gasteiger partial charge is 0.373 e. The molecule has 126 valence electrons. The largest absolute Gasteiger partial charge is 0.416 e. The summed E-state index contributed by atoms with van der Waals surface area (Å²) in [4.78, 5) is 14.4. The van der Waals surface area contributed by atoms with E-state index in [1.807, 2.05) is 0 Å². The molecule has 0 spiro atoms. The van der Waals surface area contributed by atoms with Crippen molar-refractivity contribution in [1.29, 1.82) is 0 Å². The topological polar surface area (TPSA) is 41.6 Å². The molecule has 4 nitrogen and oxygen atoms in total. The number of carbonyl (C=O) groups excluding carboxylic acids is 1. The van der Waals surface area contributed by atoms with E-state index in [0.29, 0.717) is 19.2 Å². The lowest BCUT2D eigenvalue weighted by atomic mass is 10.1. The molecule has 1 aromatic rings. The van der Waals surface area contributed by atoms with E-state index in [9.17, 15) is 18.0 Å². The lowest BCUT2D eigenvalue weighted by Crippen LogP contribution is -2.50. The van der Waals surface area contributed by atoms with Gasteiger partial charge < -0.3 is 10.1 Å². The van der Waals surface area contributed by atoms with Crippen LogP contribution in [0.1, 0.15) is 28.8 Å². The summed E-state index contributed by atoms with van der Waals surface area (Å²) >= 11 is 0. The minimum absolute atomic E-state index is 0.00897. The lowest BCUT2D eigenvalue weighted by Gasteiger charge is -2.35. The molecule has 1 aromatic carbocycles. The van der Waals surface area contributed by atoms with Gasteiger partial charge in [0.05, 0.1) is 18.3 Å². The fraction of sp³-hybridized carbons (Fsp3) is 0.562. The number of nitrogens with one attached hydrogen (secondary N) is 1. The highest BCUT2D eigenvalue weighted by Crippen LogP contribution is 2.29. The number of halogens is 3. The summed E-state index contributed by atoms with van der Waals surface area (Å²) in [7, 11) is 0. The summed E-state index contributed by atoms with van der Waals surface area (Å²) < 4.78 is 43.7. The summed E-state index contributed by atoms with van der Waals surface area (Å²) in [5.74, 6) is -0.511. The number of fused-ring (bicyclic) bond motifs is 1. The molecule has 0 bridgehead atoms. The normalized spacial score (nSPS) is 25.2. The first kappa shape index (κ1) is 16.3. The van der Waals surface area contributed by atoms with E-state index < -0.39 is 17.6 Å². The van der Waals surface area contributed by atoms with Gasteiger partial charge in [0.2, 0.25) is 0 Å². The van der Waals surface area contributed by atoms with E-state index in [4.69, 9.17) is 4.74 Å². The van der Waals surface area contributed by atoms with Gasteiger partial charge in [0, 0.05) is 24.7 Å². The number of amides is 1. The number of hydrogen-bond donors (Lipinski definition) is 1. The predicted molar refractivity (Wildman–Crippen MR) is 78.1 cm³/mol. The van der Waals surface area contributed by atoms with Crippen molar-refractivity contribution < 1.29 is 22.7 Å². The quantitative estimate of drug-likeness (QED) is 0.926. The molecular formula is C16H19F3N2O2. The van der Waals surface area contributed by atoms with Crippen LogP contribution in [0.25, 0.3) is 0 Å². The Kier molecular flexibility index (Phi) is 4.59. The van der Waals surface area contributed by atoms with Crippen molar-refractivity contribution in [3.8, 4) is 0 Å². The van der Waals surface area contributed by atoms with Gasteiger partial charge in [-0.25, -0.2) is 0 Å². The summed E-state index contributed by atoms with van der Waals surface area (Å²) in [5.41, 5.74) is -0.811. The molecule has 7 heteroatoms. The second kappa shape index (κ2) is 6.49. The van der Waals surface area contributed by atoms with Gasteiger partial charge in [0.15, 0.2) is 0 Å². The lowest BCUT2D eigenvalue weighted by molar-refractivity contribution is -0.137. The van der Waals surface area contributed by atoms with Crippen LogP contribution in [0.5, 0.6) is 0 Å². The molecule has 0 radical (unpaired) electrons. The highest BCUT2D eigenvalue weighted by molar-refractivity contribution is 5.94. The SMILES string of the molecule is O=C(NC[C@H]1CN2CCC[C@@H]2CO1)c1cccc(C(F)(F)F)c1. The van der Waals surface area contributed by atoms with Gasteiger partial charge >= 0.3 is 6.18 Å². The van der Waals surface area contributed by atoms with Gasteiger partial charge in [-0.05, 0) is 37.6 Å². The standard InChI is InChI=1S/C16H19F3N2O2/c17-16(18,19)12-4-1-3-11(7-12)15(22)20-8-14-9-21-6-2-5-13(21)10-23-14/h1,3-4,7,13-14H,2,5-6,8-10H2,(H,20,22)/t13-,14+/m1/s1. The maximum Gasteiger partial charge on any atom is 0.416 e. The van der Waals surface area contributed by atoms with Gasteiger partial charge in [-0.2, -0.15) is 13.2 Å². The summed E-state index contributed by atoms with van der Waals surface area (Å²) in [5, 5.41) is 2.67. The number of morpholine rings is 1. The highest BCUT2D eigenvalue weighted by Gasteiger charge is 2.33. The minimum Gasteiger partial charge on any atom is -0.373 e. The Labute approximate surface area is 132 Å². The van der Waals surface area contributed by atoms with Crippen LogP contribution in [0.15, 0.2) is 24.3 Å². The number of hydrogen-bond acceptors (Lipinski definition) is 3. The number of carbonyl (C=O) groups is 1. The molecule has 23 heavy (non-hydrogen) atoms. The molecule has 2 atom stereocenters. The van der Waals surface area contributed by atoms with Gasteiger partial charge in [0.1, 0.15) is 0 Å². The Morgan fingerprint density at radius 1 is 1.39 bits per heavy atom. The Morgan fingerprint density at radius 3 is 3.00 bits per heavy atom. The molecule has 0 aliphatic carbocycles. The van der Waals surface area contributed by atoms with Crippen LogP contribution in [0, 0.1) is 0 Å². The van der Waals surface area contributed by atoms with Crippen LogP contribution in [0.3, 0.4) is 0 Å². The average molecular weight is 328 g/mol. The van der Waals surface area contributed by atoms with Gasteiger partial charge in [-0.1, -0.05) is 6.07 Å². The summed E-state index contributed by atoms with van der Waals surface area (Å²) in [6.45, 7) is 2.77. The molecule has 2 aliphatic heterocycles. The van der Waals surface area contributed by atoms with Crippen molar-refractivity contribution >= 4 is 5.91 Å². The average Bonchev–Trinajstić information content (AvgIpc) is 2.99. The van der Waals surface area contributed by atoms with Crippen molar-refractivity contribution in [2.24, 2.45) is 0 Å². The van der Waals surface area contributed by atoms with Crippen molar-refractivity contribution in [3.05, 3.63) is 35.4 Å². The van der Waals surface area contributed by atoms with E-state index in [1.165, 1.54) is 12.1 Å². The highest BCUT2D eigenvalue weighted by atomic mass is 19.4. The second-order valence-electron chi connectivity index (χ2n) is 6.03. The Balaban J connectivity index is 1.55. The maximum absolute atomic E-state index is 12.7. The fourth-order valence-corrected chi connectivity index (χ4v) is 3.15. The first-order valence-corrected chi connectivity index (χ1v) is 7.74. The summed E-state index contributed by atoms with van der Waals surface area (Å²) in [6.07, 6.45) is -2.26. The number of benzene rings is 1. The zero-order valence-corrected chi connectivity index (χ0v) is 12.6. The minimum atomic E-state index is -4.45. The van der Waals surface area contributed by atoms with Crippen LogP contribution < -0.4 is 5.32 Å². The third-order valence-corrected chi connectivity index (χ3v) is 4.40. The molecule has 2 heterocycles. The molecule has 0 saturated carbocycles. The van der Waals surface area contributed by atoms with Gasteiger partial charge in [-0.3, -0.25) is 9.69 Å². The number of alkyl halides is 3. The maximum atomic E-state index is 12.7. The number of rotatable bonds is 3. The Bertz CT molecular complexity index is 577. The van der Waals surface area contributed by atoms with E-state index in [-0.39, 0.29) is 11.7 Å². The van der Waals surface area contributed by atoms with Crippen LogP contribution in [-0.4, -0.2) is 49.2 Å². The molecule has 0 unspecified atom stereocenters. The van der Waals surface area contributed by atoms with Crippen molar-refractivity contribution in [3.63, 3.8) is 0 Å². The zero-order chi connectivity index (χ0) is 16.4. The molecule has 0 aromatic heterocycles. The first-order chi connectivity index (χ1) is 10.9. The Hall–Kier alpha value is -1.60. The number of ether oxygens (including phenoxy) is 1. The van der Waals surface area contributed by atoms with Gasteiger partial charge in [0.25, 0.3) is 5.91 Å². The molecule has 2 aliphatic rings. The molecule has 2 saturated heterocycles.